The molecule has 2 nitrogen and oxygen atoms in total. The summed E-state index contributed by atoms with van der Waals surface area (Å²) in [5.41, 5.74) is 0.695. The monoisotopic (exact) mass is 329 g/mol. The maximum absolute atomic E-state index is 12.5. The molecule has 0 aromatic heterocycles. The summed E-state index contributed by atoms with van der Waals surface area (Å²) in [6.45, 7) is 5.16. The summed E-state index contributed by atoms with van der Waals surface area (Å²) in [6, 6.07) is 5.64. The van der Waals surface area contributed by atoms with Gasteiger partial charge in [0.05, 0.1) is 5.56 Å². The Labute approximate surface area is 121 Å². The standard InChI is InChI=1S/C14H17BrClNO/c1-9-3-4-10(2)17(8-9)14(18)12-6-5-11(16)7-13(12)15/h5-7,9-10H,3-4,8H2,1-2H3. The van der Waals surface area contributed by atoms with Crippen LogP contribution in [0.5, 0.6) is 0 Å². The van der Waals surface area contributed by atoms with Gasteiger partial charge in [0, 0.05) is 22.1 Å². The van der Waals surface area contributed by atoms with Crippen LogP contribution in [0.4, 0.5) is 0 Å². The molecule has 1 heterocycles. The van der Waals surface area contributed by atoms with Crippen molar-refractivity contribution in [3.05, 3.63) is 33.3 Å². The Balaban J connectivity index is 2.24. The van der Waals surface area contributed by atoms with Crippen LogP contribution in [0.3, 0.4) is 0 Å². The van der Waals surface area contributed by atoms with Crippen molar-refractivity contribution in [3.63, 3.8) is 0 Å². The van der Waals surface area contributed by atoms with E-state index in [1.54, 1.807) is 18.2 Å². The van der Waals surface area contributed by atoms with E-state index in [0.29, 0.717) is 22.5 Å². The fourth-order valence-corrected chi connectivity index (χ4v) is 3.24. The highest BCUT2D eigenvalue weighted by atomic mass is 79.9. The molecule has 1 fully saturated rings. The van der Waals surface area contributed by atoms with Crippen LogP contribution in [-0.4, -0.2) is 23.4 Å². The van der Waals surface area contributed by atoms with E-state index in [1.165, 1.54) is 6.42 Å². The zero-order chi connectivity index (χ0) is 13.3. The Hall–Kier alpha value is -0.540. The summed E-state index contributed by atoms with van der Waals surface area (Å²) in [7, 11) is 0. The number of halogens is 2. The van der Waals surface area contributed by atoms with Gasteiger partial charge >= 0.3 is 0 Å². The van der Waals surface area contributed by atoms with Crippen LogP contribution in [0.2, 0.25) is 5.02 Å². The second-order valence-electron chi connectivity index (χ2n) is 5.11. The van der Waals surface area contributed by atoms with Crippen LogP contribution in [-0.2, 0) is 0 Å². The van der Waals surface area contributed by atoms with Crippen LogP contribution in [0.15, 0.2) is 22.7 Å². The van der Waals surface area contributed by atoms with Gasteiger partial charge in [-0.05, 0) is 59.8 Å². The lowest BCUT2D eigenvalue weighted by atomic mass is 9.94. The first-order chi connectivity index (χ1) is 8.49. The van der Waals surface area contributed by atoms with Gasteiger partial charge in [0.15, 0.2) is 0 Å². The number of rotatable bonds is 1. The molecule has 18 heavy (non-hydrogen) atoms. The summed E-state index contributed by atoms with van der Waals surface area (Å²) >= 11 is 9.32. The number of piperidine rings is 1. The number of amides is 1. The quantitative estimate of drug-likeness (QED) is 0.749. The first kappa shape index (κ1) is 13.9. The van der Waals surface area contributed by atoms with Gasteiger partial charge in [0.2, 0.25) is 0 Å². The van der Waals surface area contributed by atoms with Crippen molar-refractivity contribution in [1.29, 1.82) is 0 Å². The SMILES string of the molecule is CC1CCC(C)N(C(=O)c2ccc(Cl)cc2Br)C1. The van der Waals surface area contributed by atoms with Gasteiger partial charge in [-0.1, -0.05) is 18.5 Å². The van der Waals surface area contributed by atoms with E-state index < -0.39 is 0 Å². The average molecular weight is 331 g/mol. The second kappa shape index (κ2) is 5.62. The molecule has 1 aromatic rings. The van der Waals surface area contributed by atoms with E-state index in [-0.39, 0.29) is 5.91 Å². The van der Waals surface area contributed by atoms with Gasteiger partial charge < -0.3 is 4.90 Å². The highest BCUT2D eigenvalue weighted by Gasteiger charge is 2.28. The van der Waals surface area contributed by atoms with Crippen molar-refractivity contribution in [2.24, 2.45) is 5.92 Å². The Kier molecular flexibility index (Phi) is 4.33. The third kappa shape index (κ3) is 2.89. The van der Waals surface area contributed by atoms with Crippen LogP contribution < -0.4 is 0 Å². The number of carbonyl (C=O) groups excluding carboxylic acids is 1. The predicted octanol–water partition coefficient (Wildman–Crippen LogP) is 4.36. The lowest BCUT2D eigenvalue weighted by molar-refractivity contribution is 0.0573. The Bertz CT molecular complexity index is 463. The van der Waals surface area contributed by atoms with Gasteiger partial charge in [-0.2, -0.15) is 0 Å². The largest absolute Gasteiger partial charge is 0.336 e. The van der Waals surface area contributed by atoms with Crippen LogP contribution in [0.25, 0.3) is 0 Å². The van der Waals surface area contributed by atoms with Gasteiger partial charge in [0.25, 0.3) is 5.91 Å². The number of hydrogen-bond donors (Lipinski definition) is 0. The average Bonchev–Trinajstić information content (AvgIpc) is 2.31. The molecular weight excluding hydrogens is 314 g/mol. The first-order valence-electron chi connectivity index (χ1n) is 6.25. The Morgan fingerprint density at radius 2 is 2.11 bits per heavy atom. The van der Waals surface area contributed by atoms with Crippen molar-refractivity contribution in [2.75, 3.05) is 6.54 Å². The molecule has 2 atom stereocenters. The maximum atomic E-state index is 12.5. The summed E-state index contributed by atoms with van der Waals surface area (Å²) in [6.07, 6.45) is 2.28. The second-order valence-corrected chi connectivity index (χ2v) is 6.40. The lowest BCUT2D eigenvalue weighted by Crippen LogP contribution is -2.45. The summed E-state index contributed by atoms with van der Waals surface area (Å²) in [4.78, 5) is 14.5. The third-order valence-electron chi connectivity index (χ3n) is 3.54. The highest BCUT2D eigenvalue weighted by molar-refractivity contribution is 9.10. The molecule has 0 N–H and O–H groups in total. The van der Waals surface area contributed by atoms with E-state index in [1.807, 2.05) is 4.90 Å². The molecule has 0 saturated carbocycles. The van der Waals surface area contributed by atoms with Crippen molar-refractivity contribution >= 4 is 33.4 Å². The topological polar surface area (TPSA) is 20.3 Å². The molecular formula is C14H17BrClNO. The molecule has 2 rings (SSSR count). The van der Waals surface area contributed by atoms with Gasteiger partial charge in [-0.15, -0.1) is 0 Å². The number of nitrogens with zero attached hydrogens (tertiary/aromatic N) is 1. The summed E-state index contributed by atoms with van der Waals surface area (Å²) in [5.74, 6) is 0.675. The molecule has 1 saturated heterocycles. The Morgan fingerprint density at radius 1 is 1.39 bits per heavy atom. The molecule has 0 aliphatic carbocycles. The predicted molar refractivity (Wildman–Crippen MR) is 78.0 cm³/mol. The summed E-state index contributed by atoms with van der Waals surface area (Å²) < 4.78 is 0.769. The van der Waals surface area contributed by atoms with Crippen molar-refractivity contribution in [3.8, 4) is 0 Å². The number of benzene rings is 1. The Morgan fingerprint density at radius 3 is 2.78 bits per heavy atom. The fraction of sp³-hybridized carbons (Fsp3) is 0.500. The van der Waals surface area contributed by atoms with Crippen LogP contribution in [0, 0.1) is 5.92 Å². The zero-order valence-electron chi connectivity index (χ0n) is 10.6. The molecule has 0 spiro atoms. The minimum atomic E-state index is 0.0950. The van der Waals surface area contributed by atoms with Gasteiger partial charge in [0.1, 0.15) is 0 Å². The molecule has 1 amide bonds. The van der Waals surface area contributed by atoms with E-state index >= 15 is 0 Å². The molecule has 98 valence electrons. The maximum Gasteiger partial charge on any atom is 0.255 e. The molecule has 4 heteroatoms. The lowest BCUT2D eigenvalue weighted by Gasteiger charge is -2.37. The highest BCUT2D eigenvalue weighted by Crippen LogP contribution is 2.27. The van der Waals surface area contributed by atoms with Crippen molar-refractivity contribution in [2.45, 2.75) is 32.7 Å². The zero-order valence-corrected chi connectivity index (χ0v) is 13.0. The van der Waals surface area contributed by atoms with Crippen LogP contribution >= 0.6 is 27.5 Å². The molecule has 0 radical (unpaired) electrons. The smallest absolute Gasteiger partial charge is 0.255 e. The number of hydrogen-bond acceptors (Lipinski definition) is 1. The normalized spacial score (nSPS) is 24.1. The molecule has 2 unspecified atom stereocenters. The summed E-state index contributed by atoms with van der Waals surface area (Å²) in [5, 5.41) is 0.637. The van der Waals surface area contributed by atoms with Gasteiger partial charge in [-0.3, -0.25) is 4.79 Å². The van der Waals surface area contributed by atoms with E-state index in [9.17, 15) is 4.79 Å². The van der Waals surface area contributed by atoms with Crippen LogP contribution in [0.1, 0.15) is 37.0 Å². The minimum absolute atomic E-state index is 0.0950. The molecule has 1 aliphatic heterocycles. The van der Waals surface area contributed by atoms with E-state index in [0.717, 1.165) is 17.4 Å². The minimum Gasteiger partial charge on any atom is -0.336 e. The molecule has 1 aliphatic rings. The van der Waals surface area contributed by atoms with Crippen molar-refractivity contribution < 1.29 is 4.79 Å². The molecule has 1 aromatic carbocycles. The number of carbonyl (C=O) groups is 1. The number of likely N-dealkylation sites (tertiary alicyclic amines) is 1. The third-order valence-corrected chi connectivity index (χ3v) is 4.43. The first-order valence-corrected chi connectivity index (χ1v) is 7.42. The van der Waals surface area contributed by atoms with Crippen molar-refractivity contribution in [1.82, 2.24) is 4.90 Å². The van der Waals surface area contributed by atoms with Gasteiger partial charge in [-0.25, -0.2) is 0 Å². The van der Waals surface area contributed by atoms with E-state index in [2.05, 4.69) is 29.8 Å². The van der Waals surface area contributed by atoms with E-state index in [4.69, 9.17) is 11.6 Å². The fourth-order valence-electron chi connectivity index (χ4n) is 2.39. The molecule has 0 bridgehead atoms.